The van der Waals surface area contributed by atoms with Crippen LogP contribution in [0.3, 0.4) is 0 Å². The van der Waals surface area contributed by atoms with Gasteiger partial charge in [0.15, 0.2) is 5.78 Å². The smallest absolute Gasteiger partial charge is 0.337 e. The molecule has 0 atom stereocenters. The number of Topliss-reactive ketones (excluding diaryl/α,β-unsaturated/α-hetero) is 1. The van der Waals surface area contributed by atoms with E-state index in [1.54, 1.807) is 36.4 Å². The van der Waals surface area contributed by atoms with Crippen LogP contribution in [0.25, 0.3) is 0 Å². The van der Waals surface area contributed by atoms with Crippen molar-refractivity contribution in [2.24, 2.45) is 0 Å². The summed E-state index contributed by atoms with van der Waals surface area (Å²) in [7, 11) is 1.32. The van der Waals surface area contributed by atoms with Crippen molar-refractivity contribution in [1.82, 2.24) is 0 Å². The highest BCUT2D eigenvalue weighted by Gasteiger charge is 2.09. The quantitative estimate of drug-likeness (QED) is 0.685. The van der Waals surface area contributed by atoms with E-state index < -0.39 is 5.97 Å². The van der Waals surface area contributed by atoms with Crippen molar-refractivity contribution >= 4 is 11.8 Å². The fourth-order valence-electron chi connectivity index (χ4n) is 1.81. The van der Waals surface area contributed by atoms with Gasteiger partial charge in [0.1, 0.15) is 5.75 Å². The van der Waals surface area contributed by atoms with E-state index >= 15 is 0 Å². The topological polar surface area (TPSA) is 63.6 Å². The van der Waals surface area contributed by atoms with Gasteiger partial charge in [0.05, 0.1) is 12.7 Å². The van der Waals surface area contributed by atoms with E-state index in [1.165, 1.54) is 19.2 Å². The van der Waals surface area contributed by atoms with Crippen LogP contribution in [0.2, 0.25) is 0 Å². The number of carbonyl (C=O) groups is 2. The minimum Gasteiger partial charge on any atom is -0.508 e. The normalized spacial score (nSPS) is 10.1. The predicted octanol–water partition coefficient (Wildman–Crippen LogP) is 2.60. The molecule has 0 aliphatic heterocycles. The first-order valence-electron chi connectivity index (χ1n) is 6.09. The third-order valence-corrected chi connectivity index (χ3v) is 2.93. The molecule has 0 aromatic heterocycles. The summed E-state index contributed by atoms with van der Waals surface area (Å²) in [5.41, 5.74) is 1.81. The number of phenols is 1. The highest BCUT2D eigenvalue weighted by Crippen LogP contribution is 2.13. The second-order valence-corrected chi connectivity index (χ2v) is 4.34. The summed E-state index contributed by atoms with van der Waals surface area (Å²) >= 11 is 0. The average molecular weight is 270 g/mol. The lowest BCUT2D eigenvalue weighted by molar-refractivity contribution is 0.0600. The molecular weight excluding hydrogens is 256 g/mol. The second-order valence-electron chi connectivity index (χ2n) is 4.34. The molecule has 2 rings (SSSR count). The van der Waals surface area contributed by atoms with Crippen molar-refractivity contribution in [2.75, 3.05) is 7.11 Å². The number of esters is 1. The Morgan fingerprint density at radius 3 is 2.05 bits per heavy atom. The second kappa shape index (κ2) is 6.02. The molecule has 0 radical (unpaired) electrons. The molecular formula is C16H14O4. The number of ether oxygens (including phenoxy) is 1. The van der Waals surface area contributed by atoms with Crippen LogP contribution in [-0.2, 0) is 11.2 Å². The van der Waals surface area contributed by atoms with Gasteiger partial charge in [0, 0.05) is 12.0 Å². The first-order valence-corrected chi connectivity index (χ1v) is 6.09. The van der Waals surface area contributed by atoms with Crippen molar-refractivity contribution in [3.05, 3.63) is 65.2 Å². The van der Waals surface area contributed by atoms with Gasteiger partial charge >= 0.3 is 5.97 Å². The lowest BCUT2D eigenvalue weighted by Crippen LogP contribution is -2.05. The molecule has 0 amide bonds. The molecule has 0 fully saturated rings. The largest absolute Gasteiger partial charge is 0.508 e. The minimum absolute atomic E-state index is 0.0455. The summed E-state index contributed by atoms with van der Waals surface area (Å²) in [5, 5.41) is 9.18. The number of phenolic OH excluding ortho intramolecular Hbond substituents is 1. The van der Waals surface area contributed by atoms with Crippen molar-refractivity contribution in [1.29, 1.82) is 0 Å². The maximum absolute atomic E-state index is 12.0. The number of hydrogen-bond acceptors (Lipinski definition) is 4. The Labute approximate surface area is 116 Å². The van der Waals surface area contributed by atoms with Crippen molar-refractivity contribution in [3.63, 3.8) is 0 Å². The van der Waals surface area contributed by atoms with Crippen molar-refractivity contribution < 1.29 is 19.4 Å². The summed E-state index contributed by atoms with van der Waals surface area (Å²) < 4.78 is 4.61. The summed E-state index contributed by atoms with van der Waals surface area (Å²) in [4.78, 5) is 23.3. The van der Waals surface area contributed by atoms with Crippen LogP contribution >= 0.6 is 0 Å². The van der Waals surface area contributed by atoms with Crippen LogP contribution in [-0.4, -0.2) is 24.0 Å². The molecule has 0 heterocycles. The molecule has 1 N–H and O–H groups in total. The van der Waals surface area contributed by atoms with Gasteiger partial charge in [-0.05, 0) is 42.0 Å². The minimum atomic E-state index is -0.401. The molecule has 4 nitrogen and oxygen atoms in total. The Morgan fingerprint density at radius 1 is 0.950 bits per heavy atom. The molecule has 0 aliphatic carbocycles. The van der Waals surface area contributed by atoms with Crippen LogP contribution in [0, 0.1) is 0 Å². The maximum atomic E-state index is 12.0. The average Bonchev–Trinajstić information content (AvgIpc) is 2.48. The van der Waals surface area contributed by atoms with E-state index in [-0.39, 0.29) is 18.0 Å². The van der Waals surface area contributed by atoms with Crippen LogP contribution in [0.5, 0.6) is 5.75 Å². The van der Waals surface area contributed by atoms with Crippen LogP contribution in [0.1, 0.15) is 26.3 Å². The summed E-state index contributed by atoms with van der Waals surface area (Å²) in [5.74, 6) is -0.318. The van der Waals surface area contributed by atoms with E-state index in [4.69, 9.17) is 0 Å². The molecule has 102 valence electrons. The molecule has 0 saturated carbocycles. The first kappa shape index (κ1) is 13.8. The molecule has 0 spiro atoms. The van der Waals surface area contributed by atoms with E-state index in [2.05, 4.69) is 4.74 Å². The van der Waals surface area contributed by atoms with Gasteiger partial charge in [0.2, 0.25) is 0 Å². The Balaban J connectivity index is 2.08. The van der Waals surface area contributed by atoms with E-state index in [9.17, 15) is 14.7 Å². The summed E-state index contributed by atoms with van der Waals surface area (Å²) in [6, 6.07) is 12.8. The van der Waals surface area contributed by atoms with Crippen molar-refractivity contribution in [2.45, 2.75) is 6.42 Å². The SMILES string of the molecule is COC(=O)c1ccc(CC(=O)c2ccc(O)cc2)cc1. The Hall–Kier alpha value is -2.62. The van der Waals surface area contributed by atoms with Gasteiger partial charge in [-0.15, -0.1) is 0 Å². The fourth-order valence-corrected chi connectivity index (χ4v) is 1.81. The molecule has 0 unspecified atom stereocenters. The van der Waals surface area contributed by atoms with Gasteiger partial charge in [-0.25, -0.2) is 4.79 Å². The van der Waals surface area contributed by atoms with Crippen LogP contribution in [0.4, 0.5) is 0 Å². The van der Waals surface area contributed by atoms with E-state index in [0.29, 0.717) is 11.1 Å². The van der Waals surface area contributed by atoms with Crippen LogP contribution < -0.4 is 0 Å². The number of carbonyl (C=O) groups excluding carboxylic acids is 2. The Kier molecular flexibility index (Phi) is 4.15. The van der Waals surface area contributed by atoms with E-state index in [0.717, 1.165) is 5.56 Å². The highest BCUT2D eigenvalue weighted by atomic mass is 16.5. The number of rotatable bonds is 4. The first-order chi connectivity index (χ1) is 9.60. The third kappa shape index (κ3) is 3.23. The molecule has 4 heteroatoms. The standard InChI is InChI=1S/C16H14O4/c1-20-16(19)13-4-2-11(3-5-13)10-15(18)12-6-8-14(17)9-7-12/h2-9,17H,10H2,1H3. The number of hydrogen-bond donors (Lipinski definition) is 1. The molecule has 0 aliphatic rings. The van der Waals surface area contributed by atoms with Gasteiger partial charge in [-0.1, -0.05) is 12.1 Å². The predicted molar refractivity (Wildman–Crippen MR) is 73.9 cm³/mol. The molecule has 2 aromatic carbocycles. The molecule has 20 heavy (non-hydrogen) atoms. The van der Waals surface area contributed by atoms with Crippen molar-refractivity contribution in [3.8, 4) is 5.75 Å². The molecule has 2 aromatic rings. The number of methoxy groups -OCH3 is 1. The monoisotopic (exact) mass is 270 g/mol. The van der Waals surface area contributed by atoms with Gasteiger partial charge in [-0.3, -0.25) is 4.79 Å². The molecule has 0 bridgehead atoms. The maximum Gasteiger partial charge on any atom is 0.337 e. The molecule has 0 saturated heterocycles. The highest BCUT2D eigenvalue weighted by molar-refractivity contribution is 5.97. The van der Waals surface area contributed by atoms with Gasteiger partial charge in [-0.2, -0.15) is 0 Å². The lowest BCUT2D eigenvalue weighted by Gasteiger charge is -2.03. The Morgan fingerprint density at radius 2 is 1.50 bits per heavy atom. The number of benzene rings is 2. The summed E-state index contributed by atoms with van der Waals surface area (Å²) in [6.07, 6.45) is 0.242. The fraction of sp³-hybridized carbons (Fsp3) is 0.125. The number of ketones is 1. The Bertz CT molecular complexity index is 612. The summed E-state index contributed by atoms with van der Waals surface area (Å²) in [6.45, 7) is 0. The van der Waals surface area contributed by atoms with E-state index in [1.807, 2.05) is 0 Å². The third-order valence-electron chi connectivity index (χ3n) is 2.93. The van der Waals surface area contributed by atoms with Crippen LogP contribution in [0.15, 0.2) is 48.5 Å². The van der Waals surface area contributed by atoms with Gasteiger partial charge < -0.3 is 9.84 Å². The lowest BCUT2D eigenvalue weighted by atomic mass is 10.0. The van der Waals surface area contributed by atoms with Gasteiger partial charge in [0.25, 0.3) is 0 Å². The number of aromatic hydroxyl groups is 1. The zero-order chi connectivity index (χ0) is 14.5. The zero-order valence-electron chi connectivity index (χ0n) is 11.0. The zero-order valence-corrected chi connectivity index (χ0v) is 11.0.